The van der Waals surface area contributed by atoms with Crippen molar-refractivity contribution >= 4 is 10.1 Å². The van der Waals surface area contributed by atoms with Gasteiger partial charge in [0.25, 0.3) is 10.1 Å². The highest BCUT2D eigenvalue weighted by atomic mass is 32.2. The largest absolute Gasteiger partial charge is 0.493 e. The van der Waals surface area contributed by atoms with Crippen molar-refractivity contribution in [2.75, 3.05) is 13.7 Å². The standard InChI is InChI=1S/C21H24F2O6S/c1-13-6-8-15(9-7-13)30(25,26)28-12-14-4-3-5-18(21(14)24)29-20-11-17(23)16(22)10-19(20)27-2/h6-11,14,18,21,24H,3-5,12H2,1-2H3/t14?,18?,21-/m1/s1. The number of aryl methyl sites for hydroxylation is 1. The van der Waals surface area contributed by atoms with Crippen molar-refractivity contribution < 1.29 is 36.0 Å². The SMILES string of the molecule is COc1cc(F)c(F)cc1OC1CCCC(COS(=O)(=O)c2ccc(C)cc2)[C@H]1O. The van der Waals surface area contributed by atoms with Gasteiger partial charge >= 0.3 is 0 Å². The van der Waals surface area contributed by atoms with Gasteiger partial charge in [-0.2, -0.15) is 8.42 Å². The van der Waals surface area contributed by atoms with Crippen molar-refractivity contribution in [1.29, 1.82) is 0 Å². The molecule has 0 spiro atoms. The van der Waals surface area contributed by atoms with E-state index < -0.39 is 39.9 Å². The summed E-state index contributed by atoms with van der Waals surface area (Å²) in [7, 11) is -2.67. The summed E-state index contributed by atoms with van der Waals surface area (Å²) in [6, 6.07) is 8.00. The van der Waals surface area contributed by atoms with Crippen LogP contribution in [-0.2, 0) is 14.3 Å². The number of aliphatic hydroxyl groups is 1. The number of benzene rings is 2. The molecule has 1 N–H and O–H groups in total. The van der Waals surface area contributed by atoms with Crippen LogP contribution in [-0.4, -0.2) is 39.4 Å². The van der Waals surface area contributed by atoms with E-state index in [-0.39, 0.29) is 23.0 Å². The highest BCUT2D eigenvalue weighted by Crippen LogP contribution is 2.35. The van der Waals surface area contributed by atoms with E-state index in [1.165, 1.54) is 19.2 Å². The molecule has 3 atom stereocenters. The van der Waals surface area contributed by atoms with Crippen LogP contribution >= 0.6 is 0 Å². The topological polar surface area (TPSA) is 82.1 Å². The number of ether oxygens (including phenoxy) is 2. The fraction of sp³-hybridized carbons (Fsp3) is 0.429. The Labute approximate surface area is 174 Å². The predicted molar refractivity (Wildman–Crippen MR) is 105 cm³/mol. The summed E-state index contributed by atoms with van der Waals surface area (Å²) < 4.78 is 67.7. The number of hydrogen-bond acceptors (Lipinski definition) is 6. The third-order valence-corrected chi connectivity index (χ3v) is 6.46. The number of hydrogen-bond donors (Lipinski definition) is 1. The monoisotopic (exact) mass is 442 g/mol. The highest BCUT2D eigenvalue weighted by molar-refractivity contribution is 7.86. The average molecular weight is 442 g/mol. The van der Waals surface area contributed by atoms with Crippen molar-refractivity contribution in [3.63, 3.8) is 0 Å². The lowest BCUT2D eigenvalue weighted by Gasteiger charge is -2.34. The Kier molecular flexibility index (Phi) is 6.95. The van der Waals surface area contributed by atoms with Crippen LogP contribution < -0.4 is 9.47 Å². The van der Waals surface area contributed by atoms with Crippen LogP contribution in [0, 0.1) is 24.5 Å². The van der Waals surface area contributed by atoms with Gasteiger partial charge in [-0.15, -0.1) is 0 Å². The van der Waals surface area contributed by atoms with Gasteiger partial charge in [0.05, 0.1) is 24.7 Å². The molecular weight excluding hydrogens is 418 g/mol. The molecule has 30 heavy (non-hydrogen) atoms. The van der Waals surface area contributed by atoms with Crippen molar-refractivity contribution in [3.8, 4) is 11.5 Å². The molecule has 3 rings (SSSR count). The molecule has 1 aliphatic carbocycles. The van der Waals surface area contributed by atoms with Crippen molar-refractivity contribution in [2.45, 2.75) is 43.3 Å². The molecule has 2 aromatic rings. The molecule has 164 valence electrons. The van der Waals surface area contributed by atoms with Gasteiger partial charge in [0.1, 0.15) is 6.10 Å². The molecule has 0 saturated heterocycles. The Bertz CT molecular complexity index is 978. The van der Waals surface area contributed by atoms with Crippen LogP contribution in [0.15, 0.2) is 41.3 Å². The van der Waals surface area contributed by atoms with E-state index in [2.05, 4.69) is 0 Å². The maximum atomic E-state index is 13.6. The van der Waals surface area contributed by atoms with E-state index in [4.69, 9.17) is 13.7 Å². The van der Waals surface area contributed by atoms with Crippen LogP contribution in [0.3, 0.4) is 0 Å². The van der Waals surface area contributed by atoms with Gasteiger partial charge in [-0.1, -0.05) is 17.7 Å². The average Bonchev–Trinajstić information content (AvgIpc) is 2.71. The first-order valence-electron chi connectivity index (χ1n) is 9.55. The summed E-state index contributed by atoms with van der Waals surface area (Å²) >= 11 is 0. The van der Waals surface area contributed by atoms with Gasteiger partial charge in [-0.05, 0) is 38.3 Å². The summed E-state index contributed by atoms with van der Waals surface area (Å²) in [5.41, 5.74) is 0.921. The minimum Gasteiger partial charge on any atom is -0.493 e. The van der Waals surface area contributed by atoms with Gasteiger partial charge in [-0.25, -0.2) is 8.78 Å². The number of methoxy groups -OCH3 is 1. The zero-order chi connectivity index (χ0) is 21.9. The third kappa shape index (κ3) is 5.08. The second kappa shape index (κ2) is 9.28. The summed E-state index contributed by atoms with van der Waals surface area (Å²) in [5, 5.41) is 10.7. The Balaban J connectivity index is 1.67. The van der Waals surface area contributed by atoms with Crippen LogP contribution in [0.5, 0.6) is 11.5 Å². The maximum Gasteiger partial charge on any atom is 0.296 e. The molecule has 0 aliphatic heterocycles. The van der Waals surface area contributed by atoms with Gasteiger partial charge < -0.3 is 14.6 Å². The number of aliphatic hydroxyl groups excluding tert-OH is 1. The van der Waals surface area contributed by atoms with Crippen molar-refractivity contribution in [1.82, 2.24) is 0 Å². The Morgan fingerprint density at radius 2 is 1.70 bits per heavy atom. The van der Waals surface area contributed by atoms with Gasteiger partial charge in [0, 0.05) is 18.1 Å². The molecule has 0 heterocycles. The molecule has 6 nitrogen and oxygen atoms in total. The molecule has 0 bridgehead atoms. The Morgan fingerprint density at radius 3 is 2.33 bits per heavy atom. The van der Waals surface area contributed by atoms with Crippen molar-refractivity contribution in [2.24, 2.45) is 5.92 Å². The third-order valence-electron chi connectivity index (χ3n) is 5.16. The Morgan fingerprint density at radius 1 is 1.07 bits per heavy atom. The first-order chi connectivity index (χ1) is 14.2. The molecule has 9 heteroatoms. The fourth-order valence-corrected chi connectivity index (χ4v) is 4.37. The van der Waals surface area contributed by atoms with Crippen LogP contribution in [0.4, 0.5) is 8.78 Å². The minimum absolute atomic E-state index is 0.00132. The van der Waals surface area contributed by atoms with E-state index in [9.17, 15) is 22.3 Å². The molecule has 2 unspecified atom stereocenters. The van der Waals surface area contributed by atoms with Crippen LogP contribution in [0.1, 0.15) is 24.8 Å². The molecule has 0 radical (unpaired) electrons. The smallest absolute Gasteiger partial charge is 0.296 e. The highest BCUT2D eigenvalue weighted by Gasteiger charge is 2.35. The van der Waals surface area contributed by atoms with Crippen LogP contribution in [0.2, 0.25) is 0 Å². The molecule has 2 aromatic carbocycles. The van der Waals surface area contributed by atoms with E-state index in [0.29, 0.717) is 19.3 Å². The first kappa shape index (κ1) is 22.5. The number of rotatable bonds is 7. The summed E-state index contributed by atoms with van der Waals surface area (Å²) in [5.74, 6) is -2.70. The van der Waals surface area contributed by atoms with E-state index >= 15 is 0 Å². The van der Waals surface area contributed by atoms with E-state index in [1.54, 1.807) is 12.1 Å². The predicted octanol–water partition coefficient (Wildman–Crippen LogP) is 3.60. The number of halogens is 2. The molecule has 1 fully saturated rings. The molecule has 1 saturated carbocycles. The molecule has 0 aromatic heterocycles. The molecule has 1 aliphatic rings. The quantitative estimate of drug-likeness (QED) is 0.660. The van der Waals surface area contributed by atoms with Crippen molar-refractivity contribution in [3.05, 3.63) is 53.6 Å². The summed E-state index contributed by atoms with van der Waals surface area (Å²) in [6.45, 7) is 1.63. The lowest BCUT2D eigenvalue weighted by molar-refractivity contribution is -0.0437. The Hall–Kier alpha value is -2.23. The van der Waals surface area contributed by atoms with E-state index in [0.717, 1.165) is 17.7 Å². The van der Waals surface area contributed by atoms with Crippen LogP contribution in [0.25, 0.3) is 0 Å². The second-order valence-electron chi connectivity index (χ2n) is 7.31. The van der Waals surface area contributed by atoms with Gasteiger partial charge in [0.15, 0.2) is 23.1 Å². The van der Waals surface area contributed by atoms with E-state index in [1.807, 2.05) is 6.92 Å². The molecular formula is C21H24F2O6S. The zero-order valence-electron chi connectivity index (χ0n) is 16.7. The summed E-state index contributed by atoms with van der Waals surface area (Å²) in [6.07, 6.45) is -0.145. The molecule has 0 amide bonds. The fourth-order valence-electron chi connectivity index (χ4n) is 3.41. The lowest BCUT2D eigenvalue weighted by atomic mass is 9.85. The maximum absolute atomic E-state index is 13.6. The summed E-state index contributed by atoms with van der Waals surface area (Å²) in [4.78, 5) is 0.0396. The normalized spacial score (nSPS) is 22.0. The zero-order valence-corrected chi connectivity index (χ0v) is 17.5. The first-order valence-corrected chi connectivity index (χ1v) is 11.0. The second-order valence-corrected chi connectivity index (χ2v) is 8.92. The minimum atomic E-state index is -3.96. The van der Waals surface area contributed by atoms with Gasteiger partial charge in [-0.3, -0.25) is 4.18 Å². The van der Waals surface area contributed by atoms with Gasteiger partial charge in [0.2, 0.25) is 0 Å². The lowest BCUT2D eigenvalue weighted by Crippen LogP contribution is -2.43.